The minimum atomic E-state index is 0.0486. The molecule has 1 unspecified atom stereocenters. The Bertz CT molecular complexity index is 793. The van der Waals surface area contributed by atoms with Crippen molar-refractivity contribution >= 4 is 11.8 Å². The van der Waals surface area contributed by atoms with Crippen molar-refractivity contribution in [1.29, 1.82) is 0 Å². The summed E-state index contributed by atoms with van der Waals surface area (Å²) in [5.41, 5.74) is 3.59. The van der Waals surface area contributed by atoms with E-state index in [4.69, 9.17) is 4.52 Å². The fourth-order valence-corrected chi connectivity index (χ4v) is 3.13. The van der Waals surface area contributed by atoms with Crippen molar-refractivity contribution in [2.24, 2.45) is 0 Å². The predicted octanol–water partition coefficient (Wildman–Crippen LogP) is 4.03. The lowest BCUT2D eigenvalue weighted by molar-refractivity contribution is 0.376. The Hall–Kier alpha value is -2.08. The molecule has 1 atom stereocenters. The highest BCUT2D eigenvalue weighted by molar-refractivity contribution is 7.99. The van der Waals surface area contributed by atoms with Crippen molar-refractivity contribution in [1.82, 2.24) is 19.7 Å². The number of aryl methyl sites for hydroxylation is 3. The van der Waals surface area contributed by atoms with Gasteiger partial charge >= 0.3 is 0 Å². The Balaban J connectivity index is 1.90. The molecular formula is C16H18N4OS. The minimum Gasteiger partial charge on any atom is -0.338 e. The van der Waals surface area contributed by atoms with E-state index in [9.17, 15) is 0 Å². The van der Waals surface area contributed by atoms with Crippen LogP contribution in [0.3, 0.4) is 0 Å². The van der Waals surface area contributed by atoms with Crippen molar-refractivity contribution in [2.45, 2.75) is 38.1 Å². The van der Waals surface area contributed by atoms with Crippen LogP contribution in [0.4, 0.5) is 0 Å². The van der Waals surface area contributed by atoms with Crippen LogP contribution in [0.1, 0.15) is 35.0 Å². The summed E-state index contributed by atoms with van der Waals surface area (Å²) in [6.45, 7) is 8.06. The zero-order valence-electron chi connectivity index (χ0n) is 13.1. The van der Waals surface area contributed by atoms with E-state index in [1.165, 1.54) is 11.1 Å². The second kappa shape index (κ2) is 5.96. The highest BCUT2D eigenvalue weighted by atomic mass is 32.2. The second-order valence-corrected chi connectivity index (χ2v) is 6.62. The summed E-state index contributed by atoms with van der Waals surface area (Å²) in [5.74, 6) is 1.28. The lowest BCUT2D eigenvalue weighted by Crippen LogP contribution is -2.00. The first-order valence-electron chi connectivity index (χ1n) is 7.12. The van der Waals surface area contributed by atoms with Crippen LogP contribution >= 0.6 is 11.8 Å². The summed E-state index contributed by atoms with van der Waals surface area (Å²) >= 11 is 1.61. The smallest absolute Gasteiger partial charge is 0.239 e. The molecular weight excluding hydrogens is 296 g/mol. The average Bonchev–Trinajstić information content (AvgIpc) is 3.10. The molecule has 0 saturated carbocycles. The molecule has 0 aliphatic heterocycles. The van der Waals surface area contributed by atoms with E-state index in [1.54, 1.807) is 11.8 Å². The second-order valence-electron chi connectivity index (χ2n) is 5.31. The number of benzene rings is 1. The van der Waals surface area contributed by atoms with Crippen molar-refractivity contribution in [3.63, 3.8) is 0 Å². The largest absolute Gasteiger partial charge is 0.338 e. The predicted molar refractivity (Wildman–Crippen MR) is 86.3 cm³/mol. The fourth-order valence-electron chi connectivity index (χ4n) is 2.23. The normalized spacial score (nSPS) is 12.5. The summed E-state index contributed by atoms with van der Waals surface area (Å²) in [6.07, 6.45) is 3.80. The summed E-state index contributed by atoms with van der Waals surface area (Å²) in [7, 11) is 0. The monoisotopic (exact) mass is 314 g/mol. The first kappa shape index (κ1) is 14.8. The molecule has 2 heterocycles. The molecule has 0 N–H and O–H groups in total. The molecule has 0 aliphatic rings. The van der Waals surface area contributed by atoms with E-state index in [2.05, 4.69) is 51.7 Å². The van der Waals surface area contributed by atoms with Crippen LogP contribution in [0.2, 0.25) is 0 Å². The SMILES string of the molecule is Cc1ccc(C)c(-n2ccnc2SC(C)c2nc(C)no2)c1. The quantitative estimate of drug-likeness (QED) is 0.680. The van der Waals surface area contributed by atoms with E-state index in [0.29, 0.717) is 11.7 Å². The van der Waals surface area contributed by atoms with Gasteiger partial charge in [0.15, 0.2) is 11.0 Å². The van der Waals surface area contributed by atoms with Crippen molar-refractivity contribution in [3.05, 3.63) is 53.4 Å². The summed E-state index contributed by atoms with van der Waals surface area (Å²) in [5, 5.41) is 4.81. The first-order valence-corrected chi connectivity index (χ1v) is 8.00. The molecule has 0 spiro atoms. The molecule has 114 valence electrons. The molecule has 2 aromatic heterocycles. The van der Waals surface area contributed by atoms with E-state index >= 15 is 0 Å². The first-order chi connectivity index (χ1) is 10.5. The van der Waals surface area contributed by atoms with Crippen molar-refractivity contribution < 1.29 is 4.52 Å². The van der Waals surface area contributed by atoms with E-state index in [-0.39, 0.29) is 5.25 Å². The maximum atomic E-state index is 5.24. The highest BCUT2D eigenvalue weighted by Gasteiger charge is 2.18. The number of rotatable bonds is 4. The van der Waals surface area contributed by atoms with Gasteiger partial charge < -0.3 is 4.52 Å². The molecule has 0 fully saturated rings. The van der Waals surface area contributed by atoms with Gasteiger partial charge in [-0.25, -0.2) is 4.98 Å². The van der Waals surface area contributed by atoms with Gasteiger partial charge in [0.1, 0.15) is 0 Å². The molecule has 0 aliphatic carbocycles. The van der Waals surface area contributed by atoms with Gasteiger partial charge in [-0.15, -0.1) is 0 Å². The zero-order chi connectivity index (χ0) is 15.7. The molecule has 0 radical (unpaired) electrons. The molecule has 3 aromatic rings. The fraction of sp³-hybridized carbons (Fsp3) is 0.312. The standard InChI is InChI=1S/C16H18N4OS/c1-10-5-6-11(2)14(9-10)20-8-7-17-16(20)22-12(3)15-18-13(4)19-21-15/h5-9,12H,1-4H3. The van der Waals surface area contributed by atoms with Crippen LogP contribution in [0.15, 0.2) is 40.3 Å². The van der Waals surface area contributed by atoms with E-state index in [0.717, 1.165) is 10.8 Å². The highest BCUT2D eigenvalue weighted by Crippen LogP contribution is 2.34. The van der Waals surface area contributed by atoms with Crippen molar-refractivity contribution in [3.8, 4) is 5.69 Å². The van der Waals surface area contributed by atoms with Gasteiger partial charge in [0.05, 0.1) is 10.9 Å². The molecule has 5 nitrogen and oxygen atoms in total. The van der Waals surface area contributed by atoms with Gasteiger partial charge in [-0.3, -0.25) is 4.57 Å². The maximum absolute atomic E-state index is 5.24. The van der Waals surface area contributed by atoms with Gasteiger partial charge in [0, 0.05) is 12.4 Å². The van der Waals surface area contributed by atoms with Gasteiger partial charge in [0.2, 0.25) is 5.89 Å². The Labute approximate surface area is 133 Å². The number of nitrogens with zero attached hydrogens (tertiary/aromatic N) is 4. The molecule has 0 saturated heterocycles. The van der Waals surface area contributed by atoms with E-state index < -0.39 is 0 Å². The Morgan fingerprint density at radius 1 is 1.23 bits per heavy atom. The Morgan fingerprint density at radius 3 is 2.77 bits per heavy atom. The van der Waals surface area contributed by atoms with E-state index in [1.807, 2.05) is 26.2 Å². The number of imidazole rings is 1. The molecule has 0 bridgehead atoms. The minimum absolute atomic E-state index is 0.0486. The number of hydrogen-bond acceptors (Lipinski definition) is 5. The molecule has 3 rings (SSSR count). The molecule has 6 heteroatoms. The third-order valence-corrected chi connectivity index (χ3v) is 4.47. The third kappa shape index (κ3) is 2.92. The van der Waals surface area contributed by atoms with Crippen LogP contribution in [-0.2, 0) is 0 Å². The Kier molecular flexibility index (Phi) is 4.02. The Morgan fingerprint density at radius 2 is 2.05 bits per heavy atom. The van der Waals surface area contributed by atoms with Crippen LogP contribution in [0, 0.1) is 20.8 Å². The topological polar surface area (TPSA) is 56.7 Å². The number of thioether (sulfide) groups is 1. The summed E-state index contributed by atoms with van der Waals surface area (Å²) in [4.78, 5) is 8.76. The van der Waals surface area contributed by atoms with Gasteiger partial charge in [-0.2, -0.15) is 4.98 Å². The maximum Gasteiger partial charge on any atom is 0.239 e. The zero-order valence-corrected chi connectivity index (χ0v) is 13.9. The van der Waals surface area contributed by atoms with Crippen LogP contribution in [0.5, 0.6) is 0 Å². The van der Waals surface area contributed by atoms with Gasteiger partial charge in [0.25, 0.3) is 0 Å². The summed E-state index contributed by atoms with van der Waals surface area (Å²) < 4.78 is 7.35. The lowest BCUT2D eigenvalue weighted by atomic mass is 10.1. The lowest BCUT2D eigenvalue weighted by Gasteiger charge is -2.12. The van der Waals surface area contributed by atoms with Crippen molar-refractivity contribution in [2.75, 3.05) is 0 Å². The number of aromatic nitrogens is 4. The molecule has 0 amide bonds. The van der Waals surface area contributed by atoms with Gasteiger partial charge in [-0.1, -0.05) is 29.1 Å². The average molecular weight is 314 g/mol. The molecule has 1 aromatic carbocycles. The van der Waals surface area contributed by atoms with Crippen LogP contribution in [0.25, 0.3) is 5.69 Å². The third-order valence-electron chi connectivity index (χ3n) is 3.40. The van der Waals surface area contributed by atoms with Crippen LogP contribution < -0.4 is 0 Å². The van der Waals surface area contributed by atoms with Gasteiger partial charge in [-0.05, 0) is 44.9 Å². The number of hydrogen-bond donors (Lipinski definition) is 0. The van der Waals surface area contributed by atoms with Crippen LogP contribution in [-0.4, -0.2) is 19.7 Å². The molecule has 22 heavy (non-hydrogen) atoms. The summed E-state index contributed by atoms with van der Waals surface area (Å²) in [6, 6.07) is 6.42.